The van der Waals surface area contributed by atoms with E-state index in [9.17, 15) is 14.0 Å². The fraction of sp³-hybridized carbons (Fsp3) is 0.385. The first-order valence-electron chi connectivity index (χ1n) is 6.06. The molecule has 3 amide bonds. The first-order valence-corrected chi connectivity index (χ1v) is 6.06. The number of nitrogens with one attached hydrogen (secondary N) is 1. The standard InChI is InChI=1S/C13H15FN2O3/c1-2-13(9-3-5-10(14)6-4-9)11(18)16(7-8-17)12(19)15-13/h3-6,17H,2,7-8H2,1H3,(H,15,19). The van der Waals surface area contributed by atoms with Gasteiger partial charge in [0.15, 0.2) is 0 Å². The summed E-state index contributed by atoms with van der Waals surface area (Å²) in [4.78, 5) is 25.2. The molecule has 6 heteroatoms. The van der Waals surface area contributed by atoms with Gasteiger partial charge in [-0.3, -0.25) is 9.69 Å². The smallest absolute Gasteiger partial charge is 0.325 e. The summed E-state index contributed by atoms with van der Waals surface area (Å²) in [7, 11) is 0. The van der Waals surface area contributed by atoms with Crippen LogP contribution in [-0.2, 0) is 10.3 Å². The summed E-state index contributed by atoms with van der Waals surface area (Å²) in [5, 5.41) is 11.5. The van der Waals surface area contributed by atoms with Gasteiger partial charge in [0.05, 0.1) is 13.2 Å². The molecule has 19 heavy (non-hydrogen) atoms. The summed E-state index contributed by atoms with van der Waals surface area (Å²) in [6.45, 7) is 1.43. The second-order valence-corrected chi connectivity index (χ2v) is 4.38. The van der Waals surface area contributed by atoms with Crippen LogP contribution in [0, 0.1) is 5.82 Å². The molecule has 2 N–H and O–H groups in total. The Bertz CT molecular complexity index is 503. The lowest BCUT2D eigenvalue weighted by Gasteiger charge is -2.25. The molecule has 1 saturated heterocycles. The molecule has 0 aliphatic carbocycles. The van der Waals surface area contributed by atoms with Crippen molar-refractivity contribution in [3.05, 3.63) is 35.6 Å². The number of urea groups is 1. The number of rotatable bonds is 4. The topological polar surface area (TPSA) is 69.6 Å². The van der Waals surface area contributed by atoms with Gasteiger partial charge in [-0.1, -0.05) is 19.1 Å². The number of halogens is 1. The van der Waals surface area contributed by atoms with Gasteiger partial charge < -0.3 is 10.4 Å². The van der Waals surface area contributed by atoms with Gasteiger partial charge in [-0.15, -0.1) is 0 Å². The van der Waals surface area contributed by atoms with Crippen LogP contribution < -0.4 is 5.32 Å². The molecule has 1 fully saturated rings. The van der Waals surface area contributed by atoms with Crippen LogP contribution in [0.1, 0.15) is 18.9 Å². The molecule has 0 spiro atoms. The number of aliphatic hydroxyl groups is 1. The highest BCUT2D eigenvalue weighted by Gasteiger charge is 2.50. The Hall–Kier alpha value is -1.95. The minimum absolute atomic E-state index is 0.0480. The van der Waals surface area contributed by atoms with Crippen molar-refractivity contribution in [1.29, 1.82) is 0 Å². The zero-order valence-corrected chi connectivity index (χ0v) is 10.5. The van der Waals surface area contributed by atoms with E-state index in [-0.39, 0.29) is 13.2 Å². The fourth-order valence-corrected chi connectivity index (χ4v) is 2.30. The van der Waals surface area contributed by atoms with Gasteiger partial charge in [-0.2, -0.15) is 0 Å². The lowest BCUT2D eigenvalue weighted by atomic mass is 9.87. The minimum atomic E-state index is -1.17. The number of carbonyl (C=O) groups excluding carboxylic acids is 2. The van der Waals surface area contributed by atoms with Crippen molar-refractivity contribution in [3.63, 3.8) is 0 Å². The number of hydrogen-bond donors (Lipinski definition) is 2. The molecular weight excluding hydrogens is 251 g/mol. The van der Waals surface area contributed by atoms with E-state index in [1.807, 2.05) is 0 Å². The van der Waals surface area contributed by atoms with E-state index in [1.165, 1.54) is 24.3 Å². The van der Waals surface area contributed by atoms with Crippen molar-refractivity contribution >= 4 is 11.9 Å². The van der Waals surface area contributed by atoms with Gasteiger partial charge >= 0.3 is 6.03 Å². The quantitative estimate of drug-likeness (QED) is 0.798. The summed E-state index contributed by atoms with van der Waals surface area (Å²) in [5.41, 5.74) is -0.630. The fourth-order valence-electron chi connectivity index (χ4n) is 2.30. The van der Waals surface area contributed by atoms with Crippen LogP contribution in [0.2, 0.25) is 0 Å². The van der Waals surface area contributed by atoms with Crippen molar-refractivity contribution < 1.29 is 19.1 Å². The summed E-state index contributed by atoms with van der Waals surface area (Å²) in [6, 6.07) is 4.94. The number of benzene rings is 1. The molecular formula is C13H15FN2O3. The first kappa shape index (κ1) is 13.5. The average molecular weight is 266 g/mol. The zero-order chi connectivity index (χ0) is 14.0. The first-order chi connectivity index (χ1) is 9.05. The third-order valence-electron chi connectivity index (χ3n) is 3.37. The molecule has 1 unspecified atom stereocenters. The number of amides is 3. The average Bonchev–Trinajstić information content (AvgIpc) is 2.65. The molecule has 0 bridgehead atoms. The third kappa shape index (κ3) is 2.08. The molecule has 0 radical (unpaired) electrons. The molecule has 5 nitrogen and oxygen atoms in total. The summed E-state index contributed by atoms with van der Waals surface area (Å²) < 4.78 is 13.0. The molecule has 102 valence electrons. The Morgan fingerprint density at radius 2 is 1.95 bits per heavy atom. The van der Waals surface area contributed by atoms with Crippen LogP contribution in [0.3, 0.4) is 0 Å². The summed E-state index contributed by atoms with van der Waals surface area (Å²) in [5.74, 6) is -0.820. The van der Waals surface area contributed by atoms with Gasteiger partial charge in [-0.05, 0) is 24.1 Å². The Morgan fingerprint density at radius 1 is 1.32 bits per heavy atom. The molecule has 1 aliphatic rings. The van der Waals surface area contributed by atoms with Crippen molar-refractivity contribution in [1.82, 2.24) is 10.2 Å². The Labute approximate surface area is 110 Å². The second-order valence-electron chi connectivity index (χ2n) is 4.38. The van der Waals surface area contributed by atoms with E-state index in [0.29, 0.717) is 12.0 Å². The Kier molecular flexibility index (Phi) is 3.53. The lowest BCUT2D eigenvalue weighted by molar-refractivity contribution is -0.132. The number of hydrogen-bond acceptors (Lipinski definition) is 3. The van der Waals surface area contributed by atoms with Crippen molar-refractivity contribution in [2.45, 2.75) is 18.9 Å². The van der Waals surface area contributed by atoms with E-state index >= 15 is 0 Å². The highest BCUT2D eigenvalue weighted by Crippen LogP contribution is 2.32. The Morgan fingerprint density at radius 3 is 2.47 bits per heavy atom. The molecule has 1 aromatic carbocycles. The highest BCUT2D eigenvalue weighted by molar-refractivity contribution is 6.07. The van der Waals surface area contributed by atoms with E-state index in [0.717, 1.165) is 4.90 Å². The number of imide groups is 1. The van der Waals surface area contributed by atoms with Crippen LogP contribution in [0.5, 0.6) is 0 Å². The van der Waals surface area contributed by atoms with E-state index in [1.54, 1.807) is 6.92 Å². The predicted molar refractivity (Wildman–Crippen MR) is 65.7 cm³/mol. The molecule has 0 aromatic heterocycles. The van der Waals surface area contributed by atoms with Crippen molar-refractivity contribution in [2.24, 2.45) is 0 Å². The maximum Gasteiger partial charge on any atom is 0.325 e. The second kappa shape index (κ2) is 4.97. The van der Waals surface area contributed by atoms with Crippen LogP contribution in [0.4, 0.5) is 9.18 Å². The number of nitrogens with zero attached hydrogens (tertiary/aromatic N) is 1. The number of β-amino-alcohol motifs (C(OH)–C–C–N with tert-alkyl or cyclic N) is 1. The van der Waals surface area contributed by atoms with Crippen molar-refractivity contribution in [3.8, 4) is 0 Å². The normalized spacial score (nSPS) is 22.8. The SMILES string of the molecule is CCC1(c2ccc(F)cc2)NC(=O)N(CCO)C1=O. The van der Waals surface area contributed by atoms with Crippen LogP contribution in [-0.4, -0.2) is 35.1 Å². The Balaban J connectivity index is 2.41. The maximum absolute atomic E-state index is 13.0. The van der Waals surface area contributed by atoms with Crippen molar-refractivity contribution in [2.75, 3.05) is 13.2 Å². The van der Waals surface area contributed by atoms with Gasteiger partial charge in [0.25, 0.3) is 5.91 Å². The molecule has 1 aliphatic heterocycles. The van der Waals surface area contributed by atoms with E-state index in [4.69, 9.17) is 5.11 Å². The molecule has 1 heterocycles. The predicted octanol–water partition coefficient (Wildman–Crippen LogP) is 0.975. The van der Waals surface area contributed by atoms with Crippen LogP contribution >= 0.6 is 0 Å². The monoisotopic (exact) mass is 266 g/mol. The summed E-state index contributed by atoms with van der Waals surface area (Å²) >= 11 is 0. The number of carbonyl (C=O) groups is 2. The highest BCUT2D eigenvalue weighted by atomic mass is 19.1. The summed E-state index contributed by atoms with van der Waals surface area (Å²) in [6.07, 6.45) is 0.352. The van der Waals surface area contributed by atoms with E-state index < -0.39 is 23.3 Å². The molecule has 0 saturated carbocycles. The zero-order valence-electron chi connectivity index (χ0n) is 10.5. The molecule has 1 atom stereocenters. The molecule has 1 aromatic rings. The molecule has 2 rings (SSSR count). The largest absolute Gasteiger partial charge is 0.395 e. The van der Waals surface area contributed by atoms with E-state index in [2.05, 4.69) is 5.32 Å². The third-order valence-corrected chi connectivity index (χ3v) is 3.37. The number of aliphatic hydroxyl groups excluding tert-OH is 1. The maximum atomic E-state index is 13.0. The van der Waals surface area contributed by atoms with Crippen LogP contribution in [0.15, 0.2) is 24.3 Å². The van der Waals surface area contributed by atoms with Gasteiger partial charge in [0.2, 0.25) is 0 Å². The lowest BCUT2D eigenvalue weighted by Crippen LogP contribution is -2.43. The van der Waals surface area contributed by atoms with Gasteiger partial charge in [0.1, 0.15) is 11.4 Å². The van der Waals surface area contributed by atoms with Gasteiger partial charge in [0, 0.05) is 0 Å². The van der Waals surface area contributed by atoms with Gasteiger partial charge in [-0.25, -0.2) is 9.18 Å². The minimum Gasteiger partial charge on any atom is -0.395 e. The van der Waals surface area contributed by atoms with Crippen LogP contribution in [0.25, 0.3) is 0 Å².